The van der Waals surface area contributed by atoms with Crippen molar-refractivity contribution in [2.45, 2.75) is 5.41 Å². The molecule has 2 aromatic heterocycles. The Balaban J connectivity index is 1.95. The van der Waals surface area contributed by atoms with Crippen LogP contribution >= 0.6 is 45.2 Å². The molecule has 4 aromatic rings. The molecule has 0 radical (unpaired) electrons. The minimum atomic E-state index is -0.749. The average molecular weight is 608 g/mol. The molecule has 0 saturated carbocycles. The summed E-state index contributed by atoms with van der Waals surface area (Å²) in [6, 6.07) is 21.0. The van der Waals surface area contributed by atoms with Gasteiger partial charge in [0, 0.05) is 0 Å². The van der Waals surface area contributed by atoms with Crippen molar-refractivity contribution in [1.82, 2.24) is 9.97 Å². The van der Waals surface area contributed by atoms with Gasteiger partial charge in [-0.05, 0) is 104 Å². The molecule has 1 aliphatic rings. The first-order valence-electron chi connectivity index (χ1n) is 8.86. The number of hydrogen-bond acceptors (Lipinski definition) is 2. The molecule has 0 atom stereocenters. The molecule has 2 nitrogen and oxygen atoms in total. The van der Waals surface area contributed by atoms with E-state index < -0.39 is 5.41 Å². The Labute approximate surface area is 193 Å². The zero-order valence-corrected chi connectivity index (χ0v) is 19.1. The number of benzene rings is 2. The Morgan fingerprint density at radius 1 is 0.552 bits per heavy atom. The summed E-state index contributed by atoms with van der Waals surface area (Å²) in [5.74, 6) is -0.606. The number of hydrogen-bond donors (Lipinski definition) is 0. The smallest absolute Gasteiger partial charge is 0.123 e. The molecule has 0 amide bonds. The summed E-state index contributed by atoms with van der Waals surface area (Å²) in [5.41, 5.74) is 4.55. The third kappa shape index (κ3) is 2.91. The Hall–Kier alpha value is -1.94. The fraction of sp³-hybridized carbons (Fsp3) is 0.0435. The molecule has 0 N–H and O–H groups in total. The van der Waals surface area contributed by atoms with Gasteiger partial charge in [-0.2, -0.15) is 0 Å². The van der Waals surface area contributed by atoms with Crippen molar-refractivity contribution in [3.05, 3.63) is 114 Å². The summed E-state index contributed by atoms with van der Waals surface area (Å²) in [6.07, 6.45) is 0. The van der Waals surface area contributed by atoms with E-state index in [1.807, 2.05) is 24.3 Å². The first-order valence-corrected chi connectivity index (χ1v) is 11.0. The van der Waals surface area contributed by atoms with Gasteiger partial charge in [-0.15, -0.1) is 0 Å². The van der Waals surface area contributed by atoms with Crippen molar-refractivity contribution in [2.75, 3.05) is 0 Å². The fourth-order valence-corrected chi connectivity index (χ4v) is 5.01. The van der Waals surface area contributed by atoms with Gasteiger partial charge in [0.1, 0.15) is 19.0 Å². The topological polar surface area (TPSA) is 25.8 Å². The number of aromatic nitrogens is 2. The summed E-state index contributed by atoms with van der Waals surface area (Å²) in [7, 11) is 0. The van der Waals surface area contributed by atoms with Crippen molar-refractivity contribution in [2.24, 2.45) is 0 Å². The van der Waals surface area contributed by atoms with E-state index in [0.717, 1.165) is 41.0 Å². The molecule has 29 heavy (non-hydrogen) atoms. The largest absolute Gasteiger partial charge is 0.240 e. The summed E-state index contributed by atoms with van der Waals surface area (Å²) < 4.78 is 29.3. The molecule has 2 heterocycles. The van der Waals surface area contributed by atoms with E-state index in [1.165, 1.54) is 24.3 Å². The lowest BCUT2D eigenvalue weighted by Gasteiger charge is -2.33. The lowest BCUT2D eigenvalue weighted by atomic mass is 9.68. The van der Waals surface area contributed by atoms with Crippen LogP contribution in [-0.4, -0.2) is 9.97 Å². The SMILES string of the molecule is Fc1ccc(C2(c3ccc(F)cc3)c3ccc(I)nc3-c3nc(I)ccc32)cc1. The van der Waals surface area contributed by atoms with Gasteiger partial charge in [0.15, 0.2) is 0 Å². The van der Waals surface area contributed by atoms with Crippen molar-refractivity contribution in [3.63, 3.8) is 0 Å². The molecule has 1 aliphatic carbocycles. The quantitative estimate of drug-likeness (QED) is 0.173. The Kier molecular flexibility index (Phi) is 4.65. The van der Waals surface area contributed by atoms with Crippen LogP contribution in [0, 0.1) is 19.0 Å². The average Bonchev–Trinajstić information content (AvgIpc) is 2.99. The molecular weight excluding hydrogens is 596 g/mol. The van der Waals surface area contributed by atoms with Crippen LogP contribution in [-0.2, 0) is 5.41 Å². The monoisotopic (exact) mass is 608 g/mol. The first-order chi connectivity index (χ1) is 14.0. The van der Waals surface area contributed by atoms with Crippen LogP contribution in [0.15, 0.2) is 72.8 Å². The molecule has 0 aliphatic heterocycles. The van der Waals surface area contributed by atoms with E-state index in [1.54, 1.807) is 24.3 Å². The van der Waals surface area contributed by atoms with Crippen LogP contribution in [0.3, 0.4) is 0 Å². The van der Waals surface area contributed by atoms with Gasteiger partial charge in [0.2, 0.25) is 0 Å². The van der Waals surface area contributed by atoms with Crippen LogP contribution in [0.5, 0.6) is 0 Å². The highest BCUT2D eigenvalue weighted by atomic mass is 127. The molecule has 0 spiro atoms. The Morgan fingerprint density at radius 3 is 1.31 bits per heavy atom. The maximum absolute atomic E-state index is 13.8. The second-order valence-corrected chi connectivity index (χ2v) is 9.03. The molecule has 0 saturated heterocycles. The van der Waals surface area contributed by atoms with E-state index in [4.69, 9.17) is 9.97 Å². The van der Waals surface area contributed by atoms with Crippen LogP contribution < -0.4 is 0 Å². The van der Waals surface area contributed by atoms with E-state index in [2.05, 4.69) is 45.2 Å². The molecule has 0 unspecified atom stereocenters. The van der Waals surface area contributed by atoms with Gasteiger partial charge in [0.25, 0.3) is 0 Å². The number of nitrogens with zero attached hydrogens (tertiary/aromatic N) is 2. The second-order valence-electron chi connectivity index (χ2n) is 6.82. The van der Waals surface area contributed by atoms with E-state index in [-0.39, 0.29) is 11.6 Å². The van der Waals surface area contributed by atoms with Gasteiger partial charge < -0.3 is 0 Å². The van der Waals surface area contributed by atoms with E-state index in [9.17, 15) is 8.78 Å². The summed E-state index contributed by atoms with van der Waals surface area (Å²) >= 11 is 4.38. The van der Waals surface area contributed by atoms with Gasteiger partial charge >= 0.3 is 0 Å². The molecular formula is C23H12F2I2N2. The van der Waals surface area contributed by atoms with Gasteiger partial charge in [0.05, 0.1) is 16.8 Å². The highest BCUT2D eigenvalue weighted by molar-refractivity contribution is 14.1. The molecule has 0 bridgehead atoms. The lowest BCUT2D eigenvalue weighted by molar-refractivity contribution is 0.622. The Morgan fingerprint density at radius 2 is 0.931 bits per heavy atom. The molecule has 142 valence electrons. The van der Waals surface area contributed by atoms with E-state index in [0.29, 0.717) is 0 Å². The third-order valence-electron chi connectivity index (χ3n) is 5.31. The first kappa shape index (κ1) is 19.0. The highest BCUT2D eigenvalue weighted by Crippen LogP contribution is 2.55. The van der Waals surface area contributed by atoms with Crippen LogP contribution in [0.4, 0.5) is 8.78 Å². The molecule has 6 heteroatoms. The zero-order valence-electron chi connectivity index (χ0n) is 14.8. The second kappa shape index (κ2) is 7.09. The van der Waals surface area contributed by atoms with Gasteiger partial charge in [-0.3, -0.25) is 0 Å². The van der Waals surface area contributed by atoms with Crippen molar-refractivity contribution >= 4 is 45.2 Å². The molecule has 2 aromatic carbocycles. The van der Waals surface area contributed by atoms with Crippen LogP contribution in [0.1, 0.15) is 22.3 Å². The maximum Gasteiger partial charge on any atom is 0.123 e. The molecule has 0 fully saturated rings. The number of halogens is 4. The summed E-state index contributed by atoms with van der Waals surface area (Å²) in [4.78, 5) is 9.58. The van der Waals surface area contributed by atoms with Crippen molar-refractivity contribution in [3.8, 4) is 11.4 Å². The third-order valence-corrected chi connectivity index (χ3v) is 6.51. The van der Waals surface area contributed by atoms with E-state index >= 15 is 0 Å². The minimum Gasteiger partial charge on any atom is -0.240 e. The minimum absolute atomic E-state index is 0.303. The normalized spacial score (nSPS) is 13.8. The van der Waals surface area contributed by atoms with Gasteiger partial charge in [-0.25, -0.2) is 18.7 Å². The number of rotatable bonds is 2. The summed E-state index contributed by atoms with van der Waals surface area (Å²) in [6.45, 7) is 0. The van der Waals surface area contributed by atoms with Crippen molar-refractivity contribution in [1.29, 1.82) is 0 Å². The fourth-order valence-electron chi connectivity index (χ4n) is 4.17. The van der Waals surface area contributed by atoms with Crippen LogP contribution in [0.25, 0.3) is 11.4 Å². The zero-order chi connectivity index (χ0) is 20.2. The van der Waals surface area contributed by atoms with Gasteiger partial charge in [-0.1, -0.05) is 36.4 Å². The lowest BCUT2D eigenvalue weighted by Crippen LogP contribution is -2.28. The predicted octanol–water partition coefficient (Wildman–Crippen LogP) is 6.33. The Bertz CT molecular complexity index is 1140. The van der Waals surface area contributed by atoms with Crippen LogP contribution in [0.2, 0.25) is 0 Å². The standard InChI is InChI=1S/C23H12F2I2N2/c24-15-5-1-13(2-6-15)23(14-3-7-16(25)8-4-14)17-9-11-19(26)28-21(17)22-18(23)10-12-20(27)29-22/h1-12H. The number of fused-ring (bicyclic) bond motifs is 3. The predicted molar refractivity (Wildman–Crippen MR) is 125 cm³/mol. The summed E-state index contributed by atoms with van der Waals surface area (Å²) in [5, 5.41) is 0. The number of pyridine rings is 2. The maximum atomic E-state index is 13.8. The van der Waals surface area contributed by atoms with Crippen molar-refractivity contribution < 1.29 is 8.78 Å². The molecule has 5 rings (SSSR count). The highest BCUT2D eigenvalue weighted by Gasteiger charge is 2.48.